The molecule has 0 spiro atoms. The monoisotopic (exact) mass is 179 g/mol. The predicted octanol–water partition coefficient (Wildman–Crippen LogP) is 1.32. The Hall–Kier alpha value is 0.210. The molecule has 0 aliphatic rings. The smallest absolute Gasteiger partial charge is 0.0718 e. The van der Waals surface area contributed by atoms with Gasteiger partial charge in [0.25, 0.3) is 0 Å². The first-order chi connectivity index (χ1) is 4.95. The maximum absolute atomic E-state index is 9.41. The normalized spacial score (nSPS) is 12.5. The van der Waals surface area contributed by atoms with E-state index >= 15 is 0 Å². The fraction of sp³-hybridized carbons (Fsp3) is 1.00. The Balaban J connectivity index is 3.44. The second kappa shape index (κ2) is 4.96. The van der Waals surface area contributed by atoms with Crippen LogP contribution in [0.1, 0.15) is 20.3 Å². The van der Waals surface area contributed by atoms with Gasteiger partial charge in [0.15, 0.2) is 0 Å². The highest BCUT2D eigenvalue weighted by molar-refractivity contribution is 6.17. The van der Waals surface area contributed by atoms with E-state index < -0.39 is 5.60 Å². The summed E-state index contributed by atoms with van der Waals surface area (Å²) in [6.07, 6.45) is 0.980. The zero-order valence-electron chi connectivity index (χ0n) is 7.60. The average molecular weight is 180 g/mol. The van der Waals surface area contributed by atoms with Gasteiger partial charge in [0, 0.05) is 12.4 Å². The van der Waals surface area contributed by atoms with E-state index in [9.17, 15) is 5.11 Å². The molecule has 0 bridgehead atoms. The molecule has 0 fully saturated rings. The van der Waals surface area contributed by atoms with Gasteiger partial charge in [-0.15, -0.1) is 11.6 Å². The van der Waals surface area contributed by atoms with Crippen LogP contribution in [0, 0.1) is 0 Å². The molecule has 0 aliphatic carbocycles. The molecule has 0 aliphatic heterocycles. The summed E-state index contributed by atoms with van der Waals surface area (Å²) < 4.78 is 0. The molecule has 0 unspecified atom stereocenters. The highest BCUT2D eigenvalue weighted by Gasteiger charge is 2.14. The van der Waals surface area contributed by atoms with Crippen molar-refractivity contribution in [2.45, 2.75) is 25.9 Å². The molecule has 11 heavy (non-hydrogen) atoms. The summed E-state index contributed by atoms with van der Waals surface area (Å²) in [6.45, 7) is 5.27. The molecular weight excluding hydrogens is 162 g/mol. The van der Waals surface area contributed by atoms with E-state index in [1.165, 1.54) is 0 Å². The van der Waals surface area contributed by atoms with Crippen molar-refractivity contribution in [1.29, 1.82) is 0 Å². The van der Waals surface area contributed by atoms with Gasteiger partial charge in [-0.25, -0.2) is 0 Å². The first-order valence-electron chi connectivity index (χ1n) is 3.92. The van der Waals surface area contributed by atoms with Gasteiger partial charge in [0.1, 0.15) is 0 Å². The third-order valence-corrected chi connectivity index (χ3v) is 1.60. The Labute approximate surface area is 74.2 Å². The molecule has 68 valence electrons. The van der Waals surface area contributed by atoms with Crippen LogP contribution >= 0.6 is 11.6 Å². The highest BCUT2D eigenvalue weighted by Crippen LogP contribution is 2.03. The van der Waals surface area contributed by atoms with Crippen LogP contribution < -0.4 is 0 Å². The number of alkyl halides is 1. The molecular formula is C8H18ClNO. The molecule has 3 heteroatoms. The topological polar surface area (TPSA) is 23.5 Å². The Kier molecular flexibility index (Phi) is 5.06. The van der Waals surface area contributed by atoms with E-state index in [-0.39, 0.29) is 0 Å². The summed E-state index contributed by atoms with van der Waals surface area (Å²) in [6, 6.07) is 0. The van der Waals surface area contributed by atoms with Gasteiger partial charge in [-0.2, -0.15) is 0 Å². The van der Waals surface area contributed by atoms with Gasteiger partial charge < -0.3 is 10.0 Å². The molecule has 0 radical (unpaired) electrons. The van der Waals surface area contributed by atoms with Gasteiger partial charge in [0.05, 0.1) is 5.60 Å². The summed E-state index contributed by atoms with van der Waals surface area (Å²) in [4.78, 5) is 2.09. The van der Waals surface area contributed by atoms with E-state index in [4.69, 9.17) is 11.6 Å². The van der Waals surface area contributed by atoms with Crippen LogP contribution in [0.3, 0.4) is 0 Å². The molecule has 0 aromatic carbocycles. The first-order valence-corrected chi connectivity index (χ1v) is 4.46. The van der Waals surface area contributed by atoms with Crippen LogP contribution in [0.4, 0.5) is 0 Å². The maximum atomic E-state index is 9.41. The Morgan fingerprint density at radius 1 is 1.45 bits per heavy atom. The molecule has 1 N–H and O–H groups in total. The fourth-order valence-corrected chi connectivity index (χ4v) is 1.19. The quantitative estimate of drug-likeness (QED) is 0.644. The zero-order valence-corrected chi connectivity index (χ0v) is 8.36. The van der Waals surface area contributed by atoms with E-state index in [1.54, 1.807) is 0 Å². The molecule has 0 saturated carbocycles. The molecule has 0 aromatic heterocycles. The van der Waals surface area contributed by atoms with E-state index in [0.717, 1.165) is 13.0 Å². The number of halogens is 1. The first kappa shape index (κ1) is 11.2. The molecule has 2 nitrogen and oxygen atoms in total. The van der Waals surface area contributed by atoms with Crippen molar-refractivity contribution in [3.05, 3.63) is 0 Å². The van der Waals surface area contributed by atoms with Gasteiger partial charge in [-0.1, -0.05) is 0 Å². The van der Waals surface area contributed by atoms with Crippen molar-refractivity contribution in [2.24, 2.45) is 0 Å². The van der Waals surface area contributed by atoms with E-state index in [1.807, 2.05) is 20.9 Å². The van der Waals surface area contributed by atoms with E-state index in [0.29, 0.717) is 12.4 Å². The van der Waals surface area contributed by atoms with Crippen LogP contribution in [0.15, 0.2) is 0 Å². The largest absolute Gasteiger partial charge is 0.389 e. The molecule has 0 saturated heterocycles. The minimum atomic E-state index is -0.596. The molecule has 0 aromatic rings. The summed E-state index contributed by atoms with van der Waals surface area (Å²) >= 11 is 5.53. The number of hydrogen-bond donors (Lipinski definition) is 1. The number of hydrogen-bond acceptors (Lipinski definition) is 2. The molecule has 0 rings (SSSR count). The second-order valence-corrected chi connectivity index (χ2v) is 3.97. The van der Waals surface area contributed by atoms with Crippen molar-refractivity contribution < 1.29 is 5.11 Å². The number of rotatable bonds is 5. The standard InChI is InChI=1S/C8H18ClNO/c1-8(2,11)7-10(3)6-4-5-9/h11H,4-7H2,1-3H3. The van der Waals surface area contributed by atoms with Crippen LogP contribution in [-0.4, -0.2) is 41.6 Å². The lowest BCUT2D eigenvalue weighted by molar-refractivity contribution is 0.0448. The average Bonchev–Trinajstić information content (AvgIpc) is 1.79. The van der Waals surface area contributed by atoms with Gasteiger partial charge >= 0.3 is 0 Å². The Morgan fingerprint density at radius 2 is 2.00 bits per heavy atom. The van der Waals surface area contributed by atoms with Crippen LogP contribution in [0.5, 0.6) is 0 Å². The predicted molar refractivity (Wildman–Crippen MR) is 49.1 cm³/mol. The number of likely N-dealkylation sites (N-methyl/N-ethyl adjacent to an activating group) is 1. The third-order valence-electron chi connectivity index (χ3n) is 1.33. The lowest BCUT2D eigenvalue weighted by atomic mass is 10.1. The molecule has 0 amide bonds. The SMILES string of the molecule is CN(CCCCl)CC(C)(C)O. The Bertz CT molecular complexity index is 101. The number of nitrogens with zero attached hydrogens (tertiary/aromatic N) is 1. The third kappa shape index (κ3) is 8.11. The minimum absolute atomic E-state index is 0.596. The molecule has 0 heterocycles. The van der Waals surface area contributed by atoms with Crippen LogP contribution in [0.2, 0.25) is 0 Å². The van der Waals surface area contributed by atoms with Gasteiger partial charge in [0.2, 0.25) is 0 Å². The van der Waals surface area contributed by atoms with Gasteiger partial charge in [-0.05, 0) is 33.9 Å². The number of aliphatic hydroxyl groups is 1. The van der Waals surface area contributed by atoms with Crippen molar-refractivity contribution >= 4 is 11.6 Å². The maximum Gasteiger partial charge on any atom is 0.0718 e. The summed E-state index contributed by atoms with van der Waals surface area (Å²) in [5.74, 6) is 0.691. The fourth-order valence-electron chi connectivity index (χ4n) is 1.07. The van der Waals surface area contributed by atoms with Crippen molar-refractivity contribution in [2.75, 3.05) is 26.0 Å². The second-order valence-electron chi connectivity index (χ2n) is 3.59. The van der Waals surface area contributed by atoms with Crippen LogP contribution in [0.25, 0.3) is 0 Å². The lowest BCUT2D eigenvalue weighted by Crippen LogP contribution is -2.36. The van der Waals surface area contributed by atoms with Crippen LogP contribution in [-0.2, 0) is 0 Å². The van der Waals surface area contributed by atoms with Crippen molar-refractivity contribution in [1.82, 2.24) is 4.90 Å². The Morgan fingerprint density at radius 3 is 2.36 bits per heavy atom. The summed E-state index contributed by atoms with van der Waals surface area (Å²) in [5.41, 5.74) is -0.596. The van der Waals surface area contributed by atoms with Crippen molar-refractivity contribution in [3.63, 3.8) is 0 Å². The summed E-state index contributed by atoms with van der Waals surface area (Å²) in [7, 11) is 1.99. The van der Waals surface area contributed by atoms with E-state index in [2.05, 4.69) is 4.90 Å². The summed E-state index contributed by atoms with van der Waals surface area (Å²) in [5, 5.41) is 9.41. The van der Waals surface area contributed by atoms with Gasteiger partial charge in [-0.3, -0.25) is 0 Å². The molecule has 0 atom stereocenters. The zero-order chi connectivity index (χ0) is 8.91. The minimum Gasteiger partial charge on any atom is -0.389 e. The highest BCUT2D eigenvalue weighted by atomic mass is 35.5. The lowest BCUT2D eigenvalue weighted by Gasteiger charge is -2.24. The van der Waals surface area contributed by atoms with Crippen molar-refractivity contribution in [3.8, 4) is 0 Å².